The number of nitrogens with zero attached hydrogens (tertiary/aromatic N) is 2. The van der Waals surface area contributed by atoms with Gasteiger partial charge in [-0.25, -0.2) is 4.79 Å². The van der Waals surface area contributed by atoms with Gasteiger partial charge in [0.15, 0.2) is 6.61 Å². The minimum absolute atomic E-state index is 0.0141. The van der Waals surface area contributed by atoms with E-state index in [1.807, 2.05) is 0 Å². The maximum absolute atomic E-state index is 12.5. The monoisotopic (exact) mass is 427 g/mol. The summed E-state index contributed by atoms with van der Waals surface area (Å²) in [5.74, 6) is -3.21. The van der Waals surface area contributed by atoms with Crippen LogP contribution in [0.15, 0.2) is 36.5 Å². The van der Waals surface area contributed by atoms with E-state index in [2.05, 4.69) is 5.32 Å². The van der Waals surface area contributed by atoms with Crippen molar-refractivity contribution in [2.75, 3.05) is 26.9 Å². The first-order valence-electron chi connectivity index (χ1n) is 9.45. The molecule has 0 saturated heterocycles. The summed E-state index contributed by atoms with van der Waals surface area (Å²) in [4.78, 5) is 62.2. The number of imide groups is 2. The van der Waals surface area contributed by atoms with Gasteiger partial charge in [-0.1, -0.05) is 0 Å². The van der Waals surface area contributed by atoms with Crippen molar-refractivity contribution in [1.29, 1.82) is 0 Å². The Morgan fingerprint density at radius 1 is 1.06 bits per heavy atom. The van der Waals surface area contributed by atoms with Crippen LogP contribution < -0.4 is 5.32 Å². The molecule has 1 aromatic heterocycles. The van der Waals surface area contributed by atoms with E-state index in [0.717, 1.165) is 4.90 Å². The first-order chi connectivity index (χ1) is 14.8. The summed E-state index contributed by atoms with van der Waals surface area (Å²) in [5.41, 5.74) is 0.585. The molecule has 0 saturated carbocycles. The van der Waals surface area contributed by atoms with E-state index in [0.29, 0.717) is 13.0 Å². The van der Waals surface area contributed by atoms with Crippen LogP contribution in [0.25, 0.3) is 0 Å². The van der Waals surface area contributed by atoms with Crippen LogP contribution in [0.3, 0.4) is 0 Å². The Morgan fingerprint density at radius 2 is 1.81 bits per heavy atom. The molecule has 0 bridgehead atoms. The molecule has 2 heterocycles. The lowest BCUT2D eigenvalue weighted by atomic mass is 10.1. The molecule has 3 rings (SSSR count). The topological polar surface area (TPSA) is 124 Å². The number of nitrogens with one attached hydrogen (secondary N) is 1. The van der Waals surface area contributed by atoms with Gasteiger partial charge < -0.3 is 14.0 Å². The minimum Gasteiger partial charge on any atom is -0.452 e. The number of carbonyl (C=O) groups is 5. The molecule has 0 radical (unpaired) electrons. The highest BCUT2D eigenvalue weighted by atomic mass is 16.5. The number of benzene rings is 1. The number of esters is 1. The van der Waals surface area contributed by atoms with Crippen molar-refractivity contribution in [3.8, 4) is 0 Å². The smallest absolute Gasteiger partial charge is 0.338 e. The largest absolute Gasteiger partial charge is 0.452 e. The molecule has 1 aliphatic heterocycles. The number of carbonyl (C=O) groups excluding carboxylic acids is 5. The van der Waals surface area contributed by atoms with E-state index in [1.54, 1.807) is 19.3 Å². The van der Waals surface area contributed by atoms with Crippen molar-refractivity contribution >= 4 is 29.6 Å². The zero-order valence-corrected chi connectivity index (χ0v) is 17.0. The van der Waals surface area contributed by atoms with Crippen molar-refractivity contribution in [2.45, 2.75) is 6.42 Å². The second-order valence-corrected chi connectivity index (χ2v) is 6.83. The van der Waals surface area contributed by atoms with E-state index in [4.69, 9.17) is 9.47 Å². The van der Waals surface area contributed by atoms with Gasteiger partial charge in [0, 0.05) is 33.5 Å². The summed E-state index contributed by atoms with van der Waals surface area (Å²) in [7, 11) is 3.18. The fourth-order valence-corrected chi connectivity index (χ4v) is 3.13. The quantitative estimate of drug-likeness (QED) is 0.375. The highest BCUT2D eigenvalue weighted by Crippen LogP contribution is 2.24. The molecular weight excluding hydrogens is 406 g/mol. The van der Waals surface area contributed by atoms with Crippen LogP contribution >= 0.6 is 0 Å². The lowest BCUT2D eigenvalue weighted by Gasteiger charge is -2.12. The minimum atomic E-state index is -0.859. The van der Waals surface area contributed by atoms with Gasteiger partial charge in [0.05, 0.1) is 16.7 Å². The molecule has 1 aliphatic rings. The van der Waals surface area contributed by atoms with Crippen LogP contribution in [-0.2, 0) is 21.3 Å². The lowest BCUT2D eigenvalue weighted by molar-refractivity contribution is -0.123. The molecule has 162 valence electrons. The second kappa shape index (κ2) is 9.35. The molecule has 0 spiro atoms. The third kappa shape index (κ3) is 4.69. The number of ether oxygens (including phenoxy) is 2. The van der Waals surface area contributed by atoms with Gasteiger partial charge in [-0.2, -0.15) is 0 Å². The second-order valence-electron chi connectivity index (χ2n) is 6.83. The molecule has 0 unspecified atom stereocenters. The summed E-state index contributed by atoms with van der Waals surface area (Å²) >= 11 is 0. The average Bonchev–Trinajstić information content (AvgIpc) is 3.28. The molecule has 4 amide bonds. The molecule has 0 atom stereocenters. The Balaban J connectivity index is 1.59. The average molecular weight is 427 g/mol. The lowest BCUT2D eigenvalue weighted by Crippen LogP contribution is -2.35. The number of rotatable bonds is 8. The first-order valence-corrected chi connectivity index (χ1v) is 9.45. The van der Waals surface area contributed by atoms with Gasteiger partial charge in [-0.15, -0.1) is 0 Å². The molecule has 2 aromatic rings. The molecule has 0 fully saturated rings. The van der Waals surface area contributed by atoms with Gasteiger partial charge in [0.1, 0.15) is 5.69 Å². The van der Waals surface area contributed by atoms with Crippen molar-refractivity contribution in [1.82, 2.24) is 14.8 Å². The van der Waals surface area contributed by atoms with Gasteiger partial charge in [0.25, 0.3) is 23.6 Å². The first kappa shape index (κ1) is 21.9. The van der Waals surface area contributed by atoms with Crippen molar-refractivity contribution in [3.05, 3.63) is 58.9 Å². The van der Waals surface area contributed by atoms with Crippen LogP contribution in [0.1, 0.15) is 48.0 Å². The van der Waals surface area contributed by atoms with Crippen LogP contribution in [0.5, 0.6) is 0 Å². The normalized spacial score (nSPS) is 12.6. The Morgan fingerprint density at radius 3 is 2.48 bits per heavy atom. The van der Waals surface area contributed by atoms with E-state index >= 15 is 0 Å². The van der Waals surface area contributed by atoms with E-state index in [1.165, 1.54) is 35.9 Å². The van der Waals surface area contributed by atoms with Gasteiger partial charge in [-0.05, 0) is 36.8 Å². The fourth-order valence-electron chi connectivity index (χ4n) is 3.13. The summed E-state index contributed by atoms with van der Waals surface area (Å²) in [5, 5.41) is 2.12. The van der Waals surface area contributed by atoms with Crippen molar-refractivity contribution in [2.24, 2.45) is 7.05 Å². The van der Waals surface area contributed by atoms with Crippen LogP contribution in [0.4, 0.5) is 0 Å². The number of aromatic nitrogens is 1. The van der Waals surface area contributed by atoms with Crippen molar-refractivity contribution in [3.63, 3.8) is 0 Å². The van der Waals surface area contributed by atoms with Gasteiger partial charge >= 0.3 is 5.97 Å². The zero-order valence-electron chi connectivity index (χ0n) is 17.0. The number of hydrogen-bond acceptors (Lipinski definition) is 7. The molecular formula is C21H21N3O7. The van der Waals surface area contributed by atoms with E-state index in [9.17, 15) is 24.0 Å². The third-order valence-corrected chi connectivity index (χ3v) is 4.70. The summed E-state index contributed by atoms with van der Waals surface area (Å²) in [6.45, 7) is -0.0724. The molecule has 10 nitrogen and oxygen atoms in total. The predicted octanol–water partition coefficient (Wildman–Crippen LogP) is 0.771. The van der Waals surface area contributed by atoms with E-state index in [-0.39, 0.29) is 28.9 Å². The summed E-state index contributed by atoms with van der Waals surface area (Å²) < 4.78 is 11.4. The van der Waals surface area contributed by atoms with Gasteiger partial charge in [-0.3, -0.25) is 29.4 Å². The molecule has 0 aliphatic carbocycles. The Bertz CT molecular complexity index is 1060. The van der Waals surface area contributed by atoms with E-state index < -0.39 is 36.2 Å². The number of amides is 4. The predicted molar refractivity (Wildman–Crippen MR) is 106 cm³/mol. The number of hydrogen-bond donors (Lipinski definition) is 1. The maximum atomic E-state index is 12.5. The number of aryl methyl sites for hydroxylation is 1. The Kier molecular flexibility index (Phi) is 6.61. The molecule has 10 heteroatoms. The molecule has 1 N–H and O–H groups in total. The summed E-state index contributed by atoms with van der Waals surface area (Å²) in [6.07, 6.45) is 2.14. The molecule has 1 aromatic carbocycles. The maximum Gasteiger partial charge on any atom is 0.338 e. The fraction of sp³-hybridized carbons (Fsp3) is 0.286. The third-order valence-electron chi connectivity index (χ3n) is 4.70. The Labute approximate surface area is 177 Å². The highest BCUT2D eigenvalue weighted by Gasteiger charge is 2.35. The summed E-state index contributed by atoms with van der Waals surface area (Å²) in [6, 6.07) is 7.18. The van der Waals surface area contributed by atoms with Crippen LogP contribution in [0.2, 0.25) is 0 Å². The van der Waals surface area contributed by atoms with Crippen molar-refractivity contribution < 1.29 is 33.4 Å². The molecule has 31 heavy (non-hydrogen) atoms. The zero-order chi connectivity index (χ0) is 22.5. The number of methoxy groups -OCH3 is 1. The van der Waals surface area contributed by atoms with Crippen LogP contribution in [-0.4, -0.2) is 65.9 Å². The SMILES string of the molecule is COCCCN1C(=O)c2ccc(C(=O)OCC(=O)NC(=O)c3cccn3C)cc2C1=O. The van der Waals surface area contributed by atoms with Crippen LogP contribution in [0, 0.1) is 0 Å². The number of fused-ring (bicyclic) bond motifs is 1. The standard InChI is InChI=1S/C21H21N3O7/c1-23-8-3-5-16(23)18(26)22-17(25)12-31-21(29)13-6-7-14-15(11-13)20(28)24(19(14)27)9-4-10-30-2/h3,5-8,11H,4,9-10,12H2,1-2H3,(H,22,25,26). The Hall–Kier alpha value is -3.79. The highest BCUT2D eigenvalue weighted by molar-refractivity contribution is 6.22. The van der Waals surface area contributed by atoms with Gasteiger partial charge in [0.2, 0.25) is 0 Å².